The molecule has 6 nitrogen and oxygen atoms in total. The van der Waals surface area contributed by atoms with E-state index in [9.17, 15) is 9.59 Å². The number of unbranched alkanes of at least 4 members (excludes halogenated alkanes) is 1. The van der Waals surface area contributed by atoms with Crippen molar-refractivity contribution < 1.29 is 9.59 Å². The molecule has 1 aliphatic rings. The molecule has 0 unspecified atom stereocenters. The van der Waals surface area contributed by atoms with Crippen molar-refractivity contribution in [2.75, 3.05) is 11.9 Å². The molecule has 7 heteroatoms. The van der Waals surface area contributed by atoms with Crippen LogP contribution in [0.2, 0.25) is 0 Å². The van der Waals surface area contributed by atoms with E-state index >= 15 is 0 Å². The van der Waals surface area contributed by atoms with Crippen LogP contribution in [0.4, 0.5) is 5.13 Å². The number of nitrogens with one attached hydrogen (secondary N) is 3. The maximum Gasteiger partial charge on any atom is 0.248 e. The number of rotatable bonds is 21. The number of allylic oxidation sites excluding steroid dienone is 10. The summed E-state index contributed by atoms with van der Waals surface area (Å²) >= 11 is 1.57. The number of carbonyl (C=O) groups excluding carboxylic acids is 2. The molecule has 1 aliphatic carbocycles. The molecular weight excluding hydrogens is 552 g/mol. The van der Waals surface area contributed by atoms with Crippen molar-refractivity contribution in [2.45, 2.75) is 123 Å². The number of aromatic nitrogens is 1. The van der Waals surface area contributed by atoms with Crippen molar-refractivity contribution in [3.05, 3.63) is 71.3 Å². The Morgan fingerprint density at radius 3 is 2.16 bits per heavy atom. The predicted molar refractivity (Wildman–Crippen MR) is 185 cm³/mol. The van der Waals surface area contributed by atoms with Crippen molar-refractivity contribution >= 4 is 28.3 Å². The zero-order valence-corrected chi connectivity index (χ0v) is 27.9. The fourth-order valence-corrected chi connectivity index (χ4v) is 5.95. The Morgan fingerprint density at radius 1 is 0.930 bits per heavy atom. The molecule has 1 heterocycles. The lowest BCUT2D eigenvalue weighted by Gasteiger charge is -2.21. The second-order valence-corrected chi connectivity index (χ2v) is 12.7. The molecule has 2 atom stereocenters. The van der Waals surface area contributed by atoms with Gasteiger partial charge in [0.1, 0.15) is 6.04 Å². The average Bonchev–Trinajstić information content (AvgIpc) is 3.38. The first kappa shape index (κ1) is 36.4. The Kier molecular flexibility index (Phi) is 19.2. The van der Waals surface area contributed by atoms with Crippen molar-refractivity contribution in [3.63, 3.8) is 0 Å². The van der Waals surface area contributed by atoms with Gasteiger partial charge in [0.15, 0.2) is 5.13 Å². The van der Waals surface area contributed by atoms with E-state index < -0.39 is 6.04 Å². The average molecular weight is 609 g/mol. The summed E-state index contributed by atoms with van der Waals surface area (Å²) in [6, 6.07) is -0.0693. The Hall–Kier alpha value is -2.77. The fraction of sp³-hybridized carbons (Fsp3) is 0.583. The van der Waals surface area contributed by atoms with Crippen LogP contribution >= 0.6 is 11.3 Å². The van der Waals surface area contributed by atoms with Crippen LogP contribution < -0.4 is 16.0 Å². The van der Waals surface area contributed by atoms with Crippen molar-refractivity contribution in [1.82, 2.24) is 15.6 Å². The molecule has 1 aromatic heterocycles. The Labute approximate surface area is 265 Å². The third-order valence-electron chi connectivity index (χ3n) is 7.14. The minimum atomic E-state index is -0.555. The van der Waals surface area contributed by atoms with Gasteiger partial charge in [-0.3, -0.25) is 9.59 Å². The number of anilines is 1. The van der Waals surface area contributed by atoms with Crippen molar-refractivity contribution in [1.29, 1.82) is 0 Å². The second kappa shape index (κ2) is 22.7. The van der Waals surface area contributed by atoms with Crippen molar-refractivity contribution in [3.8, 4) is 0 Å². The fourth-order valence-electron chi connectivity index (χ4n) is 4.86. The molecule has 1 aromatic rings. The molecule has 238 valence electrons. The molecule has 0 bridgehead atoms. The topological polar surface area (TPSA) is 83.1 Å². The van der Waals surface area contributed by atoms with E-state index in [1.54, 1.807) is 11.3 Å². The quantitative estimate of drug-likeness (QED) is 0.0967. The molecule has 0 radical (unpaired) electrons. The molecule has 43 heavy (non-hydrogen) atoms. The summed E-state index contributed by atoms with van der Waals surface area (Å²) in [5.74, 6) is 0.0373. The number of carbonyl (C=O) groups is 2. The maximum absolute atomic E-state index is 13.1. The summed E-state index contributed by atoms with van der Waals surface area (Å²) in [7, 11) is 0. The summed E-state index contributed by atoms with van der Waals surface area (Å²) < 4.78 is 0. The number of nitrogens with zero attached hydrogens (tertiary/aromatic N) is 1. The van der Waals surface area contributed by atoms with Crippen LogP contribution in [-0.2, 0) is 22.4 Å². The lowest BCUT2D eigenvalue weighted by atomic mass is 9.98. The van der Waals surface area contributed by atoms with Crippen LogP contribution in [0.25, 0.3) is 0 Å². The van der Waals surface area contributed by atoms with Gasteiger partial charge in [-0.05, 0) is 89.5 Å². The van der Waals surface area contributed by atoms with Gasteiger partial charge in [0.2, 0.25) is 11.8 Å². The number of hydrogen-bond acceptors (Lipinski definition) is 5. The Balaban J connectivity index is 1.66. The van der Waals surface area contributed by atoms with Gasteiger partial charge in [0.05, 0.1) is 5.69 Å². The highest BCUT2D eigenvalue weighted by molar-refractivity contribution is 7.15. The first-order valence-corrected chi connectivity index (χ1v) is 17.3. The smallest absolute Gasteiger partial charge is 0.248 e. The van der Waals surface area contributed by atoms with E-state index in [0.717, 1.165) is 82.9 Å². The molecule has 0 fully saturated rings. The SMILES string of the molecule is CCC=CCC=CCC=CCC=CCC=CCCCC(=O)N[C@@H](CC(C)C)C(=O)Nc1nc2c(s1)C[C@H](NCCC)CC2. The molecule has 0 saturated heterocycles. The summed E-state index contributed by atoms with van der Waals surface area (Å²) in [6.07, 6.45) is 33.5. The summed E-state index contributed by atoms with van der Waals surface area (Å²) in [5.41, 5.74) is 1.11. The van der Waals surface area contributed by atoms with Gasteiger partial charge in [-0.15, -0.1) is 11.3 Å². The van der Waals surface area contributed by atoms with E-state index in [1.807, 2.05) is 0 Å². The van der Waals surface area contributed by atoms with Gasteiger partial charge < -0.3 is 16.0 Å². The van der Waals surface area contributed by atoms with Crippen molar-refractivity contribution in [2.24, 2.45) is 5.92 Å². The molecule has 0 aliphatic heterocycles. The van der Waals surface area contributed by atoms with E-state index in [0.29, 0.717) is 24.0 Å². The maximum atomic E-state index is 13.1. The van der Waals surface area contributed by atoms with E-state index in [4.69, 9.17) is 4.98 Å². The number of fused-ring (bicyclic) bond motifs is 1. The predicted octanol–water partition coefficient (Wildman–Crippen LogP) is 8.39. The lowest BCUT2D eigenvalue weighted by Crippen LogP contribution is -2.44. The zero-order valence-electron chi connectivity index (χ0n) is 27.1. The van der Waals surface area contributed by atoms with Gasteiger partial charge in [0.25, 0.3) is 0 Å². The standard InChI is InChI=1S/C36H56N4O2S/c1-5-7-8-9-10-11-12-13-14-15-16-17-18-19-20-21-22-23-34(41)38-32(27-29(3)4)35(42)40-36-39-31-25-24-30(37-26-6-2)28-33(31)43-36/h7-8,10-11,13-14,16-17,19-20,29-30,32,37H,5-6,9,12,15,18,21-28H2,1-4H3,(H,38,41)(H,39,40,42)/t30-,32+/m1/s1. The van der Waals surface area contributed by atoms with Gasteiger partial charge in [0, 0.05) is 17.3 Å². The van der Waals surface area contributed by atoms with Crippen LogP contribution in [0, 0.1) is 5.92 Å². The first-order valence-electron chi connectivity index (χ1n) is 16.5. The third-order valence-corrected chi connectivity index (χ3v) is 8.18. The third kappa shape index (κ3) is 16.6. The van der Waals surface area contributed by atoms with Crippen LogP contribution in [0.5, 0.6) is 0 Å². The van der Waals surface area contributed by atoms with Crippen LogP contribution in [0.15, 0.2) is 60.8 Å². The van der Waals surface area contributed by atoms with Gasteiger partial charge >= 0.3 is 0 Å². The second-order valence-electron chi connectivity index (χ2n) is 11.6. The highest BCUT2D eigenvalue weighted by atomic mass is 32.1. The summed E-state index contributed by atoms with van der Waals surface area (Å²) in [6.45, 7) is 9.50. The number of aryl methyl sites for hydroxylation is 1. The Morgan fingerprint density at radius 2 is 1.56 bits per heavy atom. The van der Waals surface area contributed by atoms with Crippen LogP contribution in [0.1, 0.15) is 109 Å². The molecule has 2 rings (SSSR count). The van der Waals surface area contributed by atoms with E-state index in [1.165, 1.54) is 4.88 Å². The first-order chi connectivity index (χ1) is 20.9. The molecule has 0 spiro atoms. The number of thiazole rings is 1. The molecule has 3 N–H and O–H groups in total. The van der Waals surface area contributed by atoms with E-state index in [2.05, 4.69) is 104 Å². The van der Waals surface area contributed by atoms with Crippen LogP contribution in [-0.4, -0.2) is 35.4 Å². The monoisotopic (exact) mass is 608 g/mol. The molecule has 0 aromatic carbocycles. The zero-order chi connectivity index (χ0) is 31.1. The largest absolute Gasteiger partial charge is 0.344 e. The highest BCUT2D eigenvalue weighted by Gasteiger charge is 2.26. The highest BCUT2D eigenvalue weighted by Crippen LogP contribution is 2.30. The number of hydrogen-bond donors (Lipinski definition) is 3. The van der Waals surface area contributed by atoms with Crippen LogP contribution in [0.3, 0.4) is 0 Å². The number of amides is 2. The van der Waals surface area contributed by atoms with E-state index in [-0.39, 0.29) is 17.7 Å². The van der Waals surface area contributed by atoms with Gasteiger partial charge in [-0.1, -0.05) is 88.5 Å². The van der Waals surface area contributed by atoms with Gasteiger partial charge in [-0.2, -0.15) is 0 Å². The molecular formula is C36H56N4O2S. The minimum absolute atomic E-state index is 0.0728. The Bertz CT molecular complexity index is 1080. The summed E-state index contributed by atoms with van der Waals surface area (Å²) in [5, 5.41) is 10.2. The molecule has 2 amide bonds. The normalized spacial score (nSPS) is 16.3. The summed E-state index contributed by atoms with van der Waals surface area (Å²) in [4.78, 5) is 31.8. The van der Waals surface area contributed by atoms with Gasteiger partial charge in [-0.25, -0.2) is 4.98 Å². The lowest BCUT2D eigenvalue weighted by molar-refractivity contribution is -0.126. The molecule has 0 saturated carbocycles. The minimum Gasteiger partial charge on any atom is -0.344 e.